The van der Waals surface area contributed by atoms with Crippen LogP contribution in [-0.2, 0) is 15.1 Å². The topological polar surface area (TPSA) is 113 Å². The molecule has 0 bridgehead atoms. The largest absolute Gasteiger partial charge is 0.341 e. The Morgan fingerprint density at radius 2 is 2.15 bits per heavy atom. The molecule has 4 amide bonds. The van der Waals surface area contributed by atoms with Crippen molar-refractivity contribution in [2.45, 2.75) is 32.2 Å². The van der Waals surface area contributed by atoms with Gasteiger partial charge < -0.3 is 10.2 Å². The van der Waals surface area contributed by atoms with Crippen LogP contribution in [0.2, 0.25) is 0 Å². The molecule has 9 nitrogen and oxygen atoms in total. The van der Waals surface area contributed by atoms with Crippen LogP contribution in [0.5, 0.6) is 0 Å². The maximum Gasteiger partial charge on any atom is 0.325 e. The van der Waals surface area contributed by atoms with Crippen molar-refractivity contribution in [3.63, 3.8) is 0 Å². The molecule has 0 aromatic heterocycles. The lowest BCUT2D eigenvalue weighted by molar-refractivity contribution is -0.385. The number of likely N-dealkylation sites (tertiary alicyclic amines) is 1. The van der Waals surface area contributed by atoms with E-state index in [1.165, 1.54) is 25.1 Å². The summed E-state index contributed by atoms with van der Waals surface area (Å²) in [6.45, 7) is 4.45. The summed E-state index contributed by atoms with van der Waals surface area (Å²) in [7, 11) is 0. The molecule has 144 valence electrons. The minimum absolute atomic E-state index is 0.174. The van der Waals surface area contributed by atoms with Gasteiger partial charge in [-0.15, -0.1) is 0 Å². The standard InChI is InChI=1S/C18H22N4O5/c1-12-5-4-8-20(10-12)15(23)11-21-16(24)18(2,19-17(21)25)13-6-3-7-14(9-13)22(26)27/h3,6-7,9,12H,4-5,8,10-11H2,1-2H3,(H,19,25). The number of carbonyl (C=O) groups is 3. The maximum atomic E-state index is 12.9. The summed E-state index contributed by atoms with van der Waals surface area (Å²) in [6, 6.07) is 4.90. The van der Waals surface area contributed by atoms with Gasteiger partial charge in [-0.25, -0.2) is 4.79 Å². The first-order valence-corrected chi connectivity index (χ1v) is 8.89. The van der Waals surface area contributed by atoms with Crippen LogP contribution in [0, 0.1) is 16.0 Å². The quantitative estimate of drug-likeness (QED) is 0.489. The van der Waals surface area contributed by atoms with Crippen molar-refractivity contribution >= 4 is 23.5 Å². The van der Waals surface area contributed by atoms with E-state index in [1.807, 2.05) is 0 Å². The van der Waals surface area contributed by atoms with Gasteiger partial charge in [-0.1, -0.05) is 19.1 Å². The maximum absolute atomic E-state index is 12.9. The molecule has 2 aliphatic heterocycles. The Morgan fingerprint density at radius 1 is 1.41 bits per heavy atom. The van der Waals surface area contributed by atoms with Gasteiger partial charge in [0.1, 0.15) is 12.1 Å². The highest BCUT2D eigenvalue weighted by atomic mass is 16.6. The van der Waals surface area contributed by atoms with Gasteiger partial charge in [0.05, 0.1) is 4.92 Å². The third kappa shape index (κ3) is 3.49. The van der Waals surface area contributed by atoms with Crippen LogP contribution in [0.1, 0.15) is 32.3 Å². The molecule has 0 spiro atoms. The predicted molar refractivity (Wildman–Crippen MR) is 95.7 cm³/mol. The Labute approximate surface area is 156 Å². The second-order valence-electron chi connectivity index (χ2n) is 7.34. The van der Waals surface area contributed by atoms with Gasteiger partial charge in [-0.3, -0.25) is 24.6 Å². The van der Waals surface area contributed by atoms with Crippen molar-refractivity contribution in [1.29, 1.82) is 0 Å². The molecule has 2 aliphatic rings. The number of piperidine rings is 1. The first-order chi connectivity index (χ1) is 12.7. The van der Waals surface area contributed by atoms with Gasteiger partial charge in [-0.2, -0.15) is 0 Å². The molecule has 2 fully saturated rings. The number of non-ortho nitro benzene ring substituents is 1. The zero-order valence-corrected chi connectivity index (χ0v) is 15.3. The smallest absolute Gasteiger partial charge is 0.325 e. The Balaban J connectivity index is 1.79. The molecular weight excluding hydrogens is 352 g/mol. The van der Waals surface area contributed by atoms with Crippen molar-refractivity contribution in [3.05, 3.63) is 39.9 Å². The van der Waals surface area contributed by atoms with E-state index < -0.39 is 22.4 Å². The van der Waals surface area contributed by atoms with Gasteiger partial charge in [0.2, 0.25) is 5.91 Å². The van der Waals surface area contributed by atoms with E-state index in [-0.39, 0.29) is 18.1 Å². The predicted octanol–water partition coefficient (Wildman–Crippen LogP) is 1.62. The first kappa shape index (κ1) is 18.8. The summed E-state index contributed by atoms with van der Waals surface area (Å²) in [5.74, 6) is -0.472. The fraction of sp³-hybridized carbons (Fsp3) is 0.500. The molecule has 2 unspecified atom stereocenters. The van der Waals surface area contributed by atoms with E-state index in [0.29, 0.717) is 24.6 Å². The van der Waals surface area contributed by atoms with E-state index in [2.05, 4.69) is 12.2 Å². The van der Waals surface area contributed by atoms with Crippen LogP contribution in [0.4, 0.5) is 10.5 Å². The van der Waals surface area contributed by atoms with Crippen molar-refractivity contribution in [2.24, 2.45) is 5.92 Å². The summed E-state index contributed by atoms with van der Waals surface area (Å²) in [4.78, 5) is 50.8. The van der Waals surface area contributed by atoms with E-state index in [1.54, 1.807) is 11.0 Å². The minimum atomic E-state index is -1.45. The Morgan fingerprint density at radius 3 is 2.81 bits per heavy atom. The first-order valence-electron chi connectivity index (χ1n) is 8.89. The van der Waals surface area contributed by atoms with Crippen LogP contribution in [0.3, 0.4) is 0 Å². The number of nitro benzene ring substituents is 1. The van der Waals surface area contributed by atoms with E-state index in [9.17, 15) is 24.5 Å². The van der Waals surface area contributed by atoms with Crippen molar-refractivity contribution in [1.82, 2.24) is 15.1 Å². The van der Waals surface area contributed by atoms with Crippen LogP contribution in [0.25, 0.3) is 0 Å². The summed E-state index contributed by atoms with van der Waals surface area (Å²) in [6.07, 6.45) is 1.95. The van der Waals surface area contributed by atoms with Crippen LogP contribution in [-0.4, -0.2) is 52.2 Å². The number of urea groups is 1. The number of imide groups is 1. The third-order valence-corrected chi connectivity index (χ3v) is 5.21. The number of hydrogen-bond acceptors (Lipinski definition) is 5. The minimum Gasteiger partial charge on any atom is -0.341 e. The Bertz CT molecular complexity index is 811. The fourth-order valence-electron chi connectivity index (χ4n) is 3.62. The van der Waals surface area contributed by atoms with E-state index >= 15 is 0 Å². The molecule has 9 heteroatoms. The fourth-order valence-corrected chi connectivity index (χ4v) is 3.62. The zero-order chi connectivity index (χ0) is 19.8. The highest BCUT2D eigenvalue weighted by Gasteiger charge is 2.50. The summed E-state index contributed by atoms with van der Waals surface area (Å²) < 4.78 is 0. The molecule has 0 saturated carbocycles. The number of benzene rings is 1. The van der Waals surface area contributed by atoms with E-state index in [0.717, 1.165) is 17.7 Å². The number of amides is 4. The summed E-state index contributed by atoms with van der Waals surface area (Å²) in [5, 5.41) is 13.6. The van der Waals surface area contributed by atoms with Crippen molar-refractivity contribution in [2.75, 3.05) is 19.6 Å². The second kappa shape index (κ2) is 6.98. The normalized spacial score (nSPS) is 25.5. The molecule has 1 N–H and O–H groups in total. The Kier molecular flexibility index (Phi) is 4.86. The molecule has 0 aliphatic carbocycles. The van der Waals surface area contributed by atoms with Crippen molar-refractivity contribution < 1.29 is 19.3 Å². The monoisotopic (exact) mass is 374 g/mol. The molecule has 1 aromatic rings. The molecular formula is C18H22N4O5. The lowest BCUT2D eigenvalue weighted by atomic mass is 9.91. The molecule has 3 rings (SSSR count). The highest BCUT2D eigenvalue weighted by Crippen LogP contribution is 2.31. The number of carbonyl (C=O) groups excluding carboxylic acids is 3. The van der Waals surface area contributed by atoms with E-state index in [4.69, 9.17) is 0 Å². The van der Waals surface area contributed by atoms with Gasteiger partial charge in [0, 0.05) is 25.2 Å². The molecule has 27 heavy (non-hydrogen) atoms. The second-order valence-corrected chi connectivity index (χ2v) is 7.34. The van der Waals surface area contributed by atoms with Gasteiger partial charge in [0.15, 0.2) is 0 Å². The molecule has 0 radical (unpaired) electrons. The number of hydrogen-bond donors (Lipinski definition) is 1. The number of rotatable bonds is 4. The SMILES string of the molecule is CC1CCCN(C(=O)CN2C(=O)NC(C)(c3cccc([N+](=O)[O-])c3)C2=O)C1. The zero-order valence-electron chi connectivity index (χ0n) is 15.3. The average Bonchev–Trinajstić information content (AvgIpc) is 2.86. The molecule has 2 heterocycles. The number of nitro groups is 1. The summed E-state index contributed by atoms with van der Waals surface area (Å²) >= 11 is 0. The van der Waals surface area contributed by atoms with Gasteiger partial charge in [0.25, 0.3) is 11.6 Å². The van der Waals surface area contributed by atoms with Crippen molar-refractivity contribution in [3.8, 4) is 0 Å². The molecule has 2 atom stereocenters. The van der Waals surface area contributed by atoms with Crippen LogP contribution >= 0.6 is 0 Å². The lowest BCUT2D eigenvalue weighted by Gasteiger charge is -2.31. The highest BCUT2D eigenvalue weighted by molar-refractivity contribution is 6.09. The average molecular weight is 374 g/mol. The number of nitrogens with zero attached hydrogens (tertiary/aromatic N) is 3. The lowest BCUT2D eigenvalue weighted by Crippen LogP contribution is -2.47. The molecule has 1 aromatic carbocycles. The number of nitrogens with one attached hydrogen (secondary N) is 1. The molecule has 2 saturated heterocycles. The Hall–Kier alpha value is -2.97. The van der Waals surface area contributed by atoms with Gasteiger partial charge in [-0.05, 0) is 31.2 Å². The summed E-state index contributed by atoms with van der Waals surface area (Å²) in [5.41, 5.74) is -1.32. The third-order valence-electron chi connectivity index (χ3n) is 5.21. The van der Waals surface area contributed by atoms with Gasteiger partial charge >= 0.3 is 6.03 Å². The van der Waals surface area contributed by atoms with Crippen LogP contribution in [0.15, 0.2) is 24.3 Å². The van der Waals surface area contributed by atoms with Crippen LogP contribution < -0.4 is 5.32 Å².